The Balaban J connectivity index is 1.76. The Morgan fingerprint density at radius 2 is 1.76 bits per heavy atom. The number of halogens is 4. The van der Waals surface area contributed by atoms with Gasteiger partial charge in [-0.2, -0.15) is 13.2 Å². The summed E-state index contributed by atoms with van der Waals surface area (Å²) in [7, 11) is 2.09. The van der Waals surface area contributed by atoms with Crippen LogP contribution < -0.4 is 5.32 Å². The van der Waals surface area contributed by atoms with Crippen LogP contribution in [0.15, 0.2) is 18.2 Å². The lowest BCUT2D eigenvalue weighted by Gasteiger charge is -2.37. The topological polar surface area (TPSA) is 15.3 Å². The lowest BCUT2D eigenvalue weighted by atomic mass is 9.97. The minimum Gasteiger partial charge on any atom is -0.380 e. The third-order valence-corrected chi connectivity index (χ3v) is 4.75. The van der Waals surface area contributed by atoms with E-state index in [1.807, 2.05) is 0 Å². The molecule has 0 saturated carbocycles. The smallest absolute Gasteiger partial charge is 0.380 e. The van der Waals surface area contributed by atoms with Crippen LogP contribution in [0.5, 0.6) is 0 Å². The Labute approximate surface area is 121 Å². The predicted octanol–water partition coefficient (Wildman–Crippen LogP) is 3.88. The number of hydrogen-bond acceptors (Lipinski definition) is 2. The average Bonchev–Trinajstić information content (AvgIpc) is 2.62. The zero-order chi connectivity index (χ0) is 15.2. The van der Waals surface area contributed by atoms with E-state index < -0.39 is 17.6 Å². The Bertz CT molecular complexity index is 515. The number of piperidine rings is 1. The molecule has 2 aliphatic rings. The lowest BCUT2D eigenvalue weighted by Crippen LogP contribution is -2.44. The molecule has 2 fully saturated rings. The molecule has 2 nitrogen and oxygen atoms in total. The summed E-state index contributed by atoms with van der Waals surface area (Å²) in [6, 6.07) is 3.48. The van der Waals surface area contributed by atoms with Gasteiger partial charge in [0, 0.05) is 18.1 Å². The Hall–Kier alpha value is -1.30. The molecule has 1 N–H and O–H groups in total. The fourth-order valence-electron chi connectivity index (χ4n) is 3.56. The number of nitrogens with one attached hydrogen (secondary N) is 1. The molecular formula is C15H18F4N2. The maximum absolute atomic E-state index is 13.8. The van der Waals surface area contributed by atoms with Crippen molar-refractivity contribution in [1.29, 1.82) is 0 Å². The van der Waals surface area contributed by atoms with Gasteiger partial charge in [0.2, 0.25) is 0 Å². The zero-order valence-electron chi connectivity index (χ0n) is 11.8. The van der Waals surface area contributed by atoms with E-state index in [2.05, 4.69) is 17.3 Å². The molecule has 1 aromatic rings. The highest BCUT2D eigenvalue weighted by Gasteiger charge is 2.38. The fraction of sp³-hybridized carbons (Fsp3) is 0.600. The number of fused-ring (bicyclic) bond motifs is 2. The summed E-state index contributed by atoms with van der Waals surface area (Å²) in [5.41, 5.74) is -0.860. The molecule has 1 aromatic carbocycles. The molecule has 3 rings (SSSR count). The third kappa shape index (κ3) is 2.86. The Kier molecular flexibility index (Phi) is 3.59. The molecular weight excluding hydrogens is 284 g/mol. The maximum Gasteiger partial charge on any atom is 0.416 e. The molecule has 0 radical (unpaired) electrons. The van der Waals surface area contributed by atoms with Gasteiger partial charge in [0.25, 0.3) is 0 Å². The van der Waals surface area contributed by atoms with Gasteiger partial charge in [-0.25, -0.2) is 4.39 Å². The highest BCUT2D eigenvalue weighted by Crippen LogP contribution is 2.37. The Morgan fingerprint density at radius 1 is 1.14 bits per heavy atom. The van der Waals surface area contributed by atoms with Crippen LogP contribution in [-0.4, -0.2) is 30.1 Å². The first-order chi connectivity index (χ1) is 9.84. The normalized spacial score (nSPS) is 29.7. The van der Waals surface area contributed by atoms with Gasteiger partial charge in [0.15, 0.2) is 0 Å². The first-order valence-corrected chi connectivity index (χ1v) is 7.20. The second-order valence-corrected chi connectivity index (χ2v) is 6.06. The maximum atomic E-state index is 13.8. The second-order valence-electron chi connectivity index (χ2n) is 6.06. The van der Waals surface area contributed by atoms with Crippen LogP contribution in [0.25, 0.3) is 0 Å². The minimum absolute atomic E-state index is 0.0386. The van der Waals surface area contributed by atoms with E-state index in [1.54, 1.807) is 0 Å². The molecule has 0 amide bonds. The molecule has 0 spiro atoms. The monoisotopic (exact) mass is 302 g/mol. The quantitative estimate of drug-likeness (QED) is 0.834. The largest absolute Gasteiger partial charge is 0.416 e. The fourth-order valence-corrected chi connectivity index (χ4v) is 3.56. The van der Waals surface area contributed by atoms with Gasteiger partial charge in [-0.15, -0.1) is 0 Å². The number of anilines is 1. The van der Waals surface area contributed by atoms with Crippen LogP contribution in [0.1, 0.15) is 31.2 Å². The number of benzene rings is 1. The van der Waals surface area contributed by atoms with Gasteiger partial charge in [0.05, 0.1) is 11.3 Å². The van der Waals surface area contributed by atoms with Gasteiger partial charge in [-0.1, -0.05) is 0 Å². The van der Waals surface area contributed by atoms with E-state index in [0.717, 1.165) is 43.9 Å². The first kappa shape index (κ1) is 14.6. The van der Waals surface area contributed by atoms with Crippen molar-refractivity contribution < 1.29 is 17.6 Å². The molecule has 2 saturated heterocycles. The van der Waals surface area contributed by atoms with Crippen molar-refractivity contribution in [3.05, 3.63) is 29.6 Å². The van der Waals surface area contributed by atoms with Crippen LogP contribution in [0, 0.1) is 5.82 Å². The van der Waals surface area contributed by atoms with Gasteiger partial charge >= 0.3 is 6.18 Å². The molecule has 21 heavy (non-hydrogen) atoms. The van der Waals surface area contributed by atoms with E-state index in [-0.39, 0.29) is 11.7 Å². The van der Waals surface area contributed by atoms with Crippen LogP contribution in [0.2, 0.25) is 0 Å². The van der Waals surface area contributed by atoms with Gasteiger partial charge in [-0.05, 0) is 50.9 Å². The highest BCUT2D eigenvalue weighted by molar-refractivity contribution is 5.49. The third-order valence-electron chi connectivity index (χ3n) is 4.75. The van der Waals surface area contributed by atoms with Crippen LogP contribution in [-0.2, 0) is 6.18 Å². The molecule has 0 aliphatic carbocycles. The second kappa shape index (κ2) is 5.16. The summed E-state index contributed by atoms with van der Waals surface area (Å²) < 4.78 is 51.9. The summed E-state index contributed by atoms with van der Waals surface area (Å²) >= 11 is 0. The van der Waals surface area contributed by atoms with E-state index >= 15 is 0 Å². The van der Waals surface area contributed by atoms with E-state index in [4.69, 9.17) is 0 Å². The summed E-state index contributed by atoms with van der Waals surface area (Å²) in [5.74, 6) is -0.630. The average molecular weight is 302 g/mol. The summed E-state index contributed by atoms with van der Waals surface area (Å²) in [6.45, 7) is 0. The van der Waals surface area contributed by atoms with Crippen LogP contribution in [0.4, 0.5) is 23.2 Å². The standard InChI is InChI=1S/C15H18F4N2/c1-21-11-3-4-12(21)8-10(7-11)20-14-6-9(15(17,18)19)2-5-13(14)16/h2,5-6,10-12,20H,3-4,7-8H2,1H3. The van der Waals surface area contributed by atoms with E-state index in [9.17, 15) is 17.6 Å². The number of hydrogen-bond donors (Lipinski definition) is 1. The van der Waals surface area contributed by atoms with Crippen molar-refractivity contribution in [3.8, 4) is 0 Å². The van der Waals surface area contributed by atoms with E-state index in [0.29, 0.717) is 12.1 Å². The molecule has 2 atom stereocenters. The first-order valence-electron chi connectivity index (χ1n) is 7.20. The molecule has 2 unspecified atom stereocenters. The van der Waals surface area contributed by atoms with Crippen molar-refractivity contribution in [1.82, 2.24) is 4.90 Å². The lowest BCUT2D eigenvalue weighted by molar-refractivity contribution is -0.137. The van der Waals surface area contributed by atoms with Crippen molar-refractivity contribution in [2.45, 2.75) is 50.0 Å². The highest BCUT2D eigenvalue weighted by atomic mass is 19.4. The summed E-state index contributed by atoms with van der Waals surface area (Å²) in [4.78, 5) is 2.33. The number of alkyl halides is 3. The van der Waals surface area contributed by atoms with Crippen molar-refractivity contribution >= 4 is 5.69 Å². The van der Waals surface area contributed by atoms with Crippen molar-refractivity contribution in [2.24, 2.45) is 0 Å². The van der Waals surface area contributed by atoms with Crippen molar-refractivity contribution in [2.75, 3.05) is 12.4 Å². The Morgan fingerprint density at radius 3 is 2.33 bits per heavy atom. The molecule has 6 heteroatoms. The molecule has 2 bridgehead atoms. The predicted molar refractivity (Wildman–Crippen MR) is 72.6 cm³/mol. The minimum atomic E-state index is -4.45. The van der Waals surface area contributed by atoms with Crippen molar-refractivity contribution in [3.63, 3.8) is 0 Å². The molecule has 2 aliphatic heterocycles. The summed E-state index contributed by atoms with van der Waals surface area (Å²) in [5, 5.41) is 2.98. The zero-order valence-corrected chi connectivity index (χ0v) is 11.8. The number of nitrogens with zero attached hydrogens (tertiary/aromatic N) is 1. The molecule has 116 valence electrons. The van der Waals surface area contributed by atoms with Gasteiger partial charge < -0.3 is 10.2 Å². The SMILES string of the molecule is CN1C2CCC1CC(Nc1cc(C(F)(F)F)ccc1F)C2. The van der Waals surface area contributed by atoms with E-state index in [1.165, 1.54) is 0 Å². The number of rotatable bonds is 2. The van der Waals surface area contributed by atoms with Crippen LogP contribution in [0.3, 0.4) is 0 Å². The summed E-state index contributed by atoms with van der Waals surface area (Å²) in [6.07, 6.45) is -0.518. The molecule has 2 heterocycles. The van der Waals surface area contributed by atoms with Gasteiger partial charge in [-0.3, -0.25) is 0 Å². The van der Waals surface area contributed by atoms with Gasteiger partial charge in [0.1, 0.15) is 5.82 Å². The van der Waals surface area contributed by atoms with Crippen LogP contribution >= 0.6 is 0 Å². The molecule has 0 aromatic heterocycles.